The van der Waals surface area contributed by atoms with E-state index in [4.69, 9.17) is 4.74 Å². The van der Waals surface area contributed by atoms with Crippen LogP contribution in [0.15, 0.2) is 102 Å². The second-order valence-corrected chi connectivity index (χ2v) is 14.8. The van der Waals surface area contributed by atoms with E-state index in [1.165, 1.54) is 30.6 Å². The summed E-state index contributed by atoms with van der Waals surface area (Å²) in [4.78, 5) is 24.9. The number of amides is 2. The maximum absolute atomic E-state index is 13.4. The molecule has 0 spiro atoms. The second-order valence-electron chi connectivity index (χ2n) is 11.1. The first-order chi connectivity index (χ1) is 21.1. The summed E-state index contributed by atoms with van der Waals surface area (Å²) in [7, 11) is -7.33. The first kappa shape index (κ1) is 33.2. The monoisotopic (exact) mass is 650 g/mol. The smallest absolute Gasteiger partial charge is 0.412 e. The number of anilines is 2. The number of nitrogens with one attached hydrogen (secondary N) is 3. The molecule has 0 unspecified atom stereocenters. The van der Waals surface area contributed by atoms with Gasteiger partial charge in [0.2, 0.25) is 15.9 Å². The molecule has 0 aliphatic rings. The number of carbonyl (C=O) groups excluding carboxylic acids is 2. The van der Waals surface area contributed by atoms with E-state index in [2.05, 4.69) is 15.4 Å². The Bertz CT molecular complexity index is 1960. The molecule has 11 nitrogen and oxygen atoms in total. The van der Waals surface area contributed by atoms with Gasteiger partial charge >= 0.3 is 6.09 Å². The van der Waals surface area contributed by atoms with Crippen molar-refractivity contribution in [2.24, 2.45) is 0 Å². The lowest BCUT2D eigenvalue weighted by Gasteiger charge is -2.20. The topological polar surface area (TPSA) is 153 Å². The van der Waals surface area contributed by atoms with Gasteiger partial charge in [-0.15, -0.1) is 0 Å². The number of benzene rings is 3. The molecular formula is C32H34N4O7S2. The van der Waals surface area contributed by atoms with E-state index in [0.717, 1.165) is 21.4 Å². The van der Waals surface area contributed by atoms with Crippen molar-refractivity contribution in [1.29, 1.82) is 0 Å². The van der Waals surface area contributed by atoms with E-state index in [1.54, 1.807) is 87.5 Å². The lowest BCUT2D eigenvalue weighted by Crippen LogP contribution is -2.27. The van der Waals surface area contributed by atoms with Crippen molar-refractivity contribution in [2.45, 2.75) is 37.8 Å². The molecule has 0 saturated carbocycles. The zero-order chi connectivity index (χ0) is 32.8. The minimum Gasteiger partial charge on any atom is -0.444 e. The van der Waals surface area contributed by atoms with E-state index in [1.807, 2.05) is 6.07 Å². The summed E-state index contributed by atoms with van der Waals surface area (Å²) >= 11 is 0. The van der Waals surface area contributed by atoms with Crippen LogP contribution in [0.4, 0.5) is 16.2 Å². The zero-order valence-corrected chi connectivity index (χ0v) is 26.8. The molecule has 236 valence electrons. The van der Waals surface area contributed by atoms with Crippen molar-refractivity contribution in [1.82, 2.24) is 8.69 Å². The minimum absolute atomic E-state index is 0.0534. The summed E-state index contributed by atoms with van der Waals surface area (Å²) in [6.45, 7) is 5.34. The van der Waals surface area contributed by atoms with Crippen molar-refractivity contribution >= 4 is 49.5 Å². The van der Waals surface area contributed by atoms with E-state index < -0.39 is 37.6 Å². The van der Waals surface area contributed by atoms with E-state index >= 15 is 0 Å². The molecule has 0 atom stereocenters. The van der Waals surface area contributed by atoms with Crippen LogP contribution in [0, 0.1) is 0 Å². The van der Waals surface area contributed by atoms with Crippen LogP contribution in [-0.4, -0.2) is 44.7 Å². The number of rotatable bonds is 10. The largest absolute Gasteiger partial charge is 0.444 e. The molecule has 13 heteroatoms. The fraction of sp³-hybridized carbons (Fsp3) is 0.188. The maximum atomic E-state index is 13.4. The van der Waals surface area contributed by atoms with Crippen molar-refractivity contribution < 1.29 is 31.2 Å². The van der Waals surface area contributed by atoms with Crippen molar-refractivity contribution in [2.75, 3.05) is 16.9 Å². The molecule has 0 aliphatic heterocycles. The number of sulfonamides is 1. The van der Waals surface area contributed by atoms with Gasteiger partial charge in [-0.05, 0) is 85.5 Å². The zero-order valence-electron chi connectivity index (χ0n) is 25.1. The van der Waals surface area contributed by atoms with Gasteiger partial charge in [-0.1, -0.05) is 42.5 Å². The van der Waals surface area contributed by atoms with Crippen LogP contribution in [0.1, 0.15) is 31.9 Å². The van der Waals surface area contributed by atoms with Gasteiger partial charge in [0.1, 0.15) is 5.60 Å². The number of hydrogen-bond acceptors (Lipinski definition) is 7. The van der Waals surface area contributed by atoms with Crippen LogP contribution in [0.25, 0.3) is 17.2 Å². The number of hydrogen-bond donors (Lipinski definition) is 3. The van der Waals surface area contributed by atoms with E-state index in [0.29, 0.717) is 22.5 Å². The normalized spacial score (nSPS) is 12.2. The average molecular weight is 651 g/mol. The fourth-order valence-electron chi connectivity index (χ4n) is 4.13. The molecule has 4 rings (SSSR count). The van der Waals surface area contributed by atoms with Crippen molar-refractivity contribution in [3.05, 3.63) is 108 Å². The molecule has 4 aromatic rings. The van der Waals surface area contributed by atoms with Crippen LogP contribution in [-0.2, 0) is 36.1 Å². The van der Waals surface area contributed by atoms with Gasteiger partial charge < -0.3 is 10.1 Å². The van der Waals surface area contributed by atoms with Gasteiger partial charge in [0.25, 0.3) is 10.0 Å². The average Bonchev–Trinajstić information content (AvgIpc) is 3.45. The number of carbonyl (C=O) groups is 2. The van der Waals surface area contributed by atoms with E-state index in [-0.39, 0.29) is 11.4 Å². The Kier molecular flexibility index (Phi) is 9.96. The van der Waals surface area contributed by atoms with Crippen LogP contribution in [0.5, 0.6) is 0 Å². The SMILES string of the molecule is CC(C)(C)OC(=O)Nc1ccccc1NC(=O)/C=C/c1ccn(S(=O)(=O)c2cccc(-c3cccc(CNS(C)(=O)=O)c3)c2)c1. The van der Waals surface area contributed by atoms with Crippen LogP contribution >= 0.6 is 0 Å². The highest BCUT2D eigenvalue weighted by molar-refractivity contribution is 7.90. The highest BCUT2D eigenvalue weighted by atomic mass is 32.2. The first-order valence-electron chi connectivity index (χ1n) is 13.7. The lowest BCUT2D eigenvalue weighted by molar-refractivity contribution is -0.111. The maximum Gasteiger partial charge on any atom is 0.412 e. The summed E-state index contributed by atoms with van der Waals surface area (Å²) < 4.78 is 58.6. The summed E-state index contributed by atoms with van der Waals surface area (Å²) in [5.41, 5.74) is 2.58. The highest BCUT2D eigenvalue weighted by Gasteiger charge is 2.19. The lowest BCUT2D eigenvalue weighted by atomic mass is 10.0. The molecule has 0 saturated heterocycles. The Balaban J connectivity index is 1.46. The molecule has 2 amide bonds. The minimum atomic E-state index is -3.97. The fourth-order valence-corrected chi connectivity index (χ4v) is 5.82. The van der Waals surface area contributed by atoms with Crippen LogP contribution < -0.4 is 15.4 Å². The summed E-state index contributed by atoms with van der Waals surface area (Å²) in [6.07, 6.45) is 5.92. The van der Waals surface area contributed by atoms with Gasteiger partial charge in [0.05, 0.1) is 22.5 Å². The predicted octanol–water partition coefficient (Wildman–Crippen LogP) is 5.44. The Labute approximate surface area is 263 Å². The van der Waals surface area contributed by atoms with Crippen LogP contribution in [0.2, 0.25) is 0 Å². The molecule has 0 fully saturated rings. The molecule has 3 aromatic carbocycles. The van der Waals surface area contributed by atoms with Crippen LogP contribution in [0.3, 0.4) is 0 Å². The first-order valence-corrected chi connectivity index (χ1v) is 17.1. The Morgan fingerprint density at radius 3 is 2.16 bits per heavy atom. The summed E-state index contributed by atoms with van der Waals surface area (Å²) in [6, 6.07) is 21.8. The highest BCUT2D eigenvalue weighted by Crippen LogP contribution is 2.26. The standard InChI is InChI=1S/C32H34N4O7S2/c1-32(2,3)43-31(38)35-29-14-6-5-13-28(29)34-30(37)16-15-23-17-18-36(22-23)45(41,42)27-12-8-11-26(20-27)25-10-7-9-24(19-25)21-33-44(4,39)40/h5-20,22,33H,21H2,1-4H3,(H,34,37)(H,35,38)/b16-15+. The van der Waals surface area contributed by atoms with Gasteiger partial charge in [-0.3, -0.25) is 10.1 Å². The molecule has 1 heterocycles. The Morgan fingerprint density at radius 2 is 1.49 bits per heavy atom. The molecule has 0 bridgehead atoms. The van der Waals surface area contributed by atoms with Gasteiger partial charge in [0.15, 0.2) is 0 Å². The predicted molar refractivity (Wildman–Crippen MR) is 175 cm³/mol. The quantitative estimate of drug-likeness (QED) is 0.193. The third kappa shape index (κ3) is 9.63. The Morgan fingerprint density at radius 1 is 0.844 bits per heavy atom. The van der Waals surface area contributed by atoms with E-state index in [9.17, 15) is 26.4 Å². The number of nitrogens with zero attached hydrogens (tertiary/aromatic N) is 1. The Hall–Kier alpha value is -4.72. The molecule has 0 aliphatic carbocycles. The third-order valence-electron chi connectivity index (χ3n) is 6.15. The van der Waals surface area contributed by atoms with Gasteiger partial charge in [-0.2, -0.15) is 0 Å². The molecule has 3 N–H and O–H groups in total. The summed E-state index contributed by atoms with van der Waals surface area (Å²) in [5.74, 6) is -0.495. The van der Waals surface area contributed by atoms with Crippen molar-refractivity contribution in [3.63, 3.8) is 0 Å². The molecular weight excluding hydrogens is 617 g/mol. The number of para-hydroxylation sites is 2. The van der Waals surface area contributed by atoms with Gasteiger partial charge in [0, 0.05) is 25.0 Å². The number of ether oxygens (including phenoxy) is 1. The van der Waals surface area contributed by atoms with Gasteiger partial charge in [-0.25, -0.2) is 30.3 Å². The van der Waals surface area contributed by atoms with Crippen molar-refractivity contribution in [3.8, 4) is 11.1 Å². The second kappa shape index (κ2) is 13.5. The molecule has 45 heavy (non-hydrogen) atoms. The molecule has 1 aromatic heterocycles. The number of aromatic nitrogens is 1. The third-order valence-corrected chi connectivity index (χ3v) is 8.45. The molecule has 0 radical (unpaired) electrons. The summed E-state index contributed by atoms with van der Waals surface area (Å²) in [5, 5.41) is 5.31.